The molecule has 0 spiro atoms. The van der Waals surface area contributed by atoms with E-state index in [0.29, 0.717) is 5.92 Å². The maximum absolute atomic E-state index is 11.8. The van der Waals surface area contributed by atoms with Crippen LogP contribution in [0.3, 0.4) is 0 Å². The first-order valence-electron chi connectivity index (χ1n) is 7.27. The van der Waals surface area contributed by atoms with E-state index in [1.54, 1.807) is 4.90 Å². The largest absolute Gasteiger partial charge is 0.444 e. The van der Waals surface area contributed by atoms with Gasteiger partial charge in [0.25, 0.3) is 0 Å². The molecule has 1 aromatic rings. The first-order valence-corrected chi connectivity index (χ1v) is 8.06. The fourth-order valence-electron chi connectivity index (χ4n) is 2.23. The van der Waals surface area contributed by atoms with E-state index in [0.717, 1.165) is 30.7 Å². The van der Waals surface area contributed by atoms with Crippen LogP contribution in [0, 0.1) is 5.92 Å². The number of nitrogens with zero attached hydrogens (tertiary/aromatic N) is 1. The van der Waals surface area contributed by atoms with Gasteiger partial charge in [0.05, 0.1) is 0 Å². The predicted molar refractivity (Wildman–Crippen MR) is 87.1 cm³/mol. The standard InChI is InChI=1S/C16H23BrN2O2/c1-16(2,3)21-15(20)19-10-12(11-19)8-18-9-13-6-4-5-7-14(13)17/h4-7,12,18H,8-11H2,1-3H3. The minimum absolute atomic E-state index is 0.204. The third-order valence-corrected chi connectivity index (χ3v) is 4.09. The van der Waals surface area contributed by atoms with Gasteiger partial charge in [-0.15, -0.1) is 0 Å². The number of carbonyl (C=O) groups excluding carboxylic acids is 1. The summed E-state index contributed by atoms with van der Waals surface area (Å²) < 4.78 is 6.47. The molecular formula is C16H23BrN2O2. The molecule has 0 saturated carbocycles. The molecule has 0 bridgehead atoms. The molecule has 1 N–H and O–H groups in total. The second-order valence-corrected chi connectivity index (χ2v) is 7.33. The smallest absolute Gasteiger partial charge is 0.410 e. The van der Waals surface area contributed by atoms with Crippen molar-refractivity contribution in [2.24, 2.45) is 5.92 Å². The summed E-state index contributed by atoms with van der Waals surface area (Å²) in [7, 11) is 0. The Balaban J connectivity index is 1.65. The lowest BCUT2D eigenvalue weighted by molar-refractivity contribution is -0.000799. The third kappa shape index (κ3) is 5.00. The van der Waals surface area contributed by atoms with E-state index in [4.69, 9.17) is 4.74 Å². The number of nitrogens with one attached hydrogen (secondary N) is 1. The minimum Gasteiger partial charge on any atom is -0.444 e. The van der Waals surface area contributed by atoms with E-state index in [-0.39, 0.29) is 6.09 Å². The molecule has 0 aromatic heterocycles. The topological polar surface area (TPSA) is 41.6 Å². The highest BCUT2D eigenvalue weighted by molar-refractivity contribution is 9.10. The van der Waals surface area contributed by atoms with Crippen LogP contribution in [0.2, 0.25) is 0 Å². The third-order valence-electron chi connectivity index (χ3n) is 3.32. The summed E-state index contributed by atoms with van der Waals surface area (Å²) in [4.78, 5) is 13.6. The molecule has 2 rings (SSSR count). The van der Waals surface area contributed by atoms with Gasteiger partial charge in [-0.1, -0.05) is 34.1 Å². The summed E-state index contributed by atoms with van der Waals surface area (Å²) in [5, 5.41) is 3.44. The van der Waals surface area contributed by atoms with Crippen LogP contribution in [-0.4, -0.2) is 36.2 Å². The Hall–Kier alpha value is -1.07. The number of benzene rings is 1. The summed E-state index contributed by atoms with van der Waals surface area (Å²) >= 11 is 3.54. The molecule has 1 saturated heterocycles. The van der Waals surface area contributed by atoms with E-state index in [9.17, 15) is 4.79 Å². The molecule has 0 aliphatic carbocycles. The van der Waals surface area contributed by atoms with E-state index < -0.39 is 5.60 Å². The van der Waals surface area contributed by atoms with E-state index in [1.807, 2.05) is 39.0 Å². The second-order valence-electron chi connectivity index (χ2n) is 6.47. The quantitative estimate of drug-likeness (QED) is 0.900. The van der Waals surface area contributed by atoms with Gasteiger partial charge < -0.3 is 15.0 Å². The van der Waals surface area contributed by atoms with Gasteiger partial charge in [0.1, 0.15) is 5.60 Å². The Morgan fingerprint density at radius 1 is 1.38 bits per heavy atom. The number of rotatable bonds is 4. The second kappa shape index (κ2) is 6.79. The molecule has 0 radical (unpaired) electrons. The summed E-state index contributed by atoms with van der Waals surface area (Å²) in [5.74, 6) is 0.514. The number of ether oxygens (including phenoxy) is 1. The average Bonchev–Trinajstić information content (AvgIpc) is 2.31. The molecular weight excluding hydrogens is 332 g/mol. The number of likely N-dealkylation sites (tertiary alicyclic amines) is 1. The number of halogens is 1. The van der Waals surface area contributed by atoms with Crippen molar-refractivity contribution in [1.82, 2.24) is 10.2 Å². The van der Waals surface area contributed by atoms with Crippen molar-refractivity contribution in [3.8, 4) is 0 Å². The van der Waals surface area contributed by atoms with Gasteiger partial charge in [0, 0.05) is 36.6 Å². The molecule has 1 fully saturated rings. The van der Waals surface area contributed by atoms with Crippen molar-refractivity contribution < 1.29 is 9.53 Å². The molecule has 5 heteroatoms. The Morgan fingerprint density at radius 3 is 2.67 bits per heavy atom. The van der Waals surface area contributed by atoms with Crippen molar-refractivity contribution in [1.29, 1.82) is 0 Å². The van der Waals surface area contributed by atoms with Crippen molar-refractivity contribution >= 4 is 22.0 Å². The summed E-state index contributed by atoms with van der Waals surface area (Å²) in [6.07, 6.45) is -0.204. The molecule has 4 nitrogen and oxygen atoms in total. The van der Waals surface area contributed by atoms with Crippen molar-refractivity contribution in [2.75, 3.05) is 19.6 Å². The predicted octanol–water partition coefficient (Wildman–Crippen LogP) is 3.41. The van der Waals surface area contributed by atoms with Crippen molar-refractivity contribution in [2.45, 2.75) is 32.9 Å². The summed E-state index contributed by atoms with van der Waals surface area (Å²) in [6, 6.07) is 8.20. The van der Waals surface area contributed by atoms with Crippen LogP contribution in [0.4, 0.5) is 4.79 Å². The molecule has 1 aliphatic rings. The van der Waals surface area contributed by atoms with Crippen molar-refractivity contribution in [3.63, 3.8) is 0 Å². The Bertz CT molecular complexity index is 493. The molecule has 1 aromatic carbocycles. The van der Waals surface area contributed by atoms with Crippen molar-refractivity contribution in [3.05, 3.63) is 34.3 Å². The lowest BCUT2D eigenvalue weighted by Crippen LogP contribution is -2.54. The van der Waals surface area contributed by atoms with Gasteiger partial charge in [-0.05, 0) is 32.4 Å². The fraction of sp³-hybridized carbons (Fsp3) is 0.562. The van der Waals surface area contributed by atoms with Crippen LogP contribution in [0.15, 0.2) is 28.7 Å². The number of amides is 1. The van der Waals surface area contributed by atoms with E-state index in [2.05, 4.69) is 27.3 Å². The zero-order valence-corrected chi connectivity index (χ0v) is 14.4. The molecule has 1 aliphatic heterocycles. The zero-order valence-electron chi connectivity index (χ0n) is 12.9. The van der Waals surface area contributed by atoms with E-state index >= 15 is 0 Å². The van der Waals surface area contributed by atoms with Gasteiger partial charge in [-0.3, -0.25) is 0 Å². The summed E-state index contributed by atoms with van der Waals surface area (Å²) in [6.45, 7) is 8.98. The van der Waals surface area contributed by atoms with Gasteiger partial charge in [-0.2, -0.15) is 0 Å². The molecule has 21 heavy (non-hydrogen) atoms. The number of hydrogen-bond donors (Lipinski definition) is 1. The van der Waals surface area contributed by atoms with Gasteiger partial charge in [0.2, 0.25) is 0 Å². The SMILES string of the molecule is CC(C)(C)OC(=O)N1CC(CNCc2ccccc2Br)C1. The first kappa shape index (κ1) is 16.3. The van der Waals surface area contributed by atoms with E-state index in [1.165, 1.54) is 5.56 Å². The van der Waals surface area contributed by atoms with Gasteiger partial charge >= 0.3 is 6.09 Å². The van der Waals surface area contributed by atoms with Crippen LogP contribution in [-0.2, 0) is 11.3 Å². The highest BCUT2D eigenvalue weighted by atomic mass is 79.9. The highest BCUT2D eigenvalue weighted by Gasteiger charge is 2.33. The highest BCUT2D eigenvalue weighted by Crippen LogP contribution is 2.19. The lowest BCUT2D eigenvalue weighted by Gasteiger charge is -2.39. The molecule has 0 atom stereocenters. The fourth-order valence-corrected chi connectivity index (χ4v) is 2.65. The average molecular weight is 355 g/mol. The summed E-state index contributed by atoms with van der Waals surface area (Å²) in [5.41, 5.74) is 0.834. The van der Waals surface area contributed by atoms with Crippen LogP contribution in [0.5, 0.6) is 0 Å². The normalized spacial score (nSPS) is 15.7. The Morgan fingerprint density at radius 2 is 2.05 bits per heavy atom. The minimum atomic E-state index is -0.417. The maximum Gasteiger partial charge on any atom is 0.410 e. The Labute approximate surface area is 135 Å². The maximum atomic E-state index is 11.8. The molecule has 116 valence electrons. The van der Waals surface area contributed by atoms with Crippen LogP contribution < -0.4 is 5.32 Å². The van der Waals surface area contributed by atoms with Crippen LogP contribution in [0.25, 0.3) is 0 Å². The monoisotopic (exact) mass is 354 g/mol. The van der Waals surface area contributed by atoms with Gasteiger partial charge in [0.15, 0.2) is 0 Å². The van der Waals surface area contributed by atoms with Crippen LogP contribution >= 0.6 is 15.9 Å². The zero-order chi connectivity index (χ0) is 15.5. The Kier molecular flexibility index (Phi) is 5.27. The molecule has 1 heterocycles. The number of carbonyl (C=O) groups is 1. The van der Waals surface area contributed by atoms with Gasteiger partial charge in [-0.25, -0.2) is 4.79 Å². The lowest BCUT2D eigenvalue weighted by atomic mass is 10.0. The first-order chi connectivity index (χ1) is 9.85. The molecule has 0 unspecified atom stereocenters. The molecule has 1 amide bonds. The number of hydrogen-bond acceptors (Lipinski definition) is 3. The van der Waals surface area contributed by atoms with Crippen LogP contribution in [0.1, 0.15) is 26.3 Å².